The Kier molecular flexibility index (Phi) is 4.81. The lowest BCUT2D eigenvalue weighted by atomic mass is 10.0. The van der Waals surface area contributed by atoms with Crippen LogP contribution in [0.4, 0.5) is 4.39 Å². The van der Waals surface area contributed by atoms with Gasteiger partial charge < -0.3 is 9.64 Å². The van der Waals surface area contributed by atoms with Crippen molar-refractivity contribution < 1.29 is 13.9 Å². The molecule has 126 valence electrons. The van der Waals surface area contributed by atoms with Crippen molar-refractivity contribution in [2.75, 3.05) is 33.8 Å². The van der Waals surface area contributed by atoms with Crippen LogP contribution < -0.4 is 4.74 Å². The number of benzene rings is 2. The Morgan fingerprint density at radius 2 is 1.88 bits per heavy atom. The number of carbonyl (C=O) groups excluding carboxylic acids is 1. The van der Waals surface area contributed by atoms with E-state index in [1.807, 2.05) is 25.2 Å². The predicted molar refractivity (Wildman–Crippen MR) is 90.7 cm³/mol. The number of hydrogen-bond donors (Lipinski definition) is 0. The summed E-state index contributed by atoms with van der Waals surface area (Å²) >= 11 is 0. The number of nitrogens with zero attached hydrogens (tertiary/aromatic N) is 2. The minimum atomic E-state index is -0.547. The van der Waals surface area contributed by atoms with Crippen molar-refractivity contribution in [3.8, 4) is 5.75 Å². The Balaban J connectivity index is 1.86. The lowest BCUT2D eigenvalue weighted by molar-refractivity contribution is 0.0538. The molecule has 1 heterocycles. The van der Waals surface area contributed by atoms with Crippen molar-refractivity contribution in [1.82, 2.24) is 9.80 Å². The summed E-state index contributed by atoms with van der Waals surface area (Å²) in [7, 11) is 3.49. The molecule has 5 heteroatoms. The third kappa shape index (κ3) is 3.12. The number of hydrogen-bond acceptors (Lipinski definition) is 3. The van der Waals surface area contributed by atoms with Crippen LogP contribution in [0.2, 0.25) is 0 Å². The molecule has 0 spiro atoms. The maximum Gasteiger partial charge on any atom is 0.260 e. The van der Waals surface area contributed by atoms with Crippen LogP contribution in [0.3, 0.4) is 0 Å². The molecule has 0 aromatic heterocycles. The Morgan fingerprint density at radius 1 is 1.12 bits per heavy atom. The summed E-state index contributed by atoms with van der Waals surface area (Å²) in [6.07, 6.45) is 0. The highest BCUT2D eigenvalue weighted by molar-refractivity contribution is 5.97. The first kappa shape index (κ1) is 16.5. The number of piperazine rings is 1. The lowest BCUT2D eigenvalue weighted by Crippen LogP contribution is -2.49. The SMILES string of the molecule is COc1cccc(F)c1C(=O)N1CCN(C)[C@H](c2ccccc2)C1. The molecule has 0 N–H and O–H groups in total. The summed E-state index contributed by atoms with van der Waals surface area (Å²) < 4.78 is 19.4. The molecule has 2 aromatic rings. The van der Waals surface area contributed by atoms with Gasteiger partial charge >= 0.3 is 0 Å². The molecule has 4 nitrogen and oxygen atoms in total. The zero-order valence-electron chi connectivity index (χ0n) is 13.9. The highest BCUT2D eigenvalue weighted by Gasteiger charge is 2.31. The van der Waals surface area contributed by atoms with E-state index in [2.05, 4.69) is 17.0 Å². The number of rotatable bonds is 3. The highest BCUT2D eigenvalue weighted by Crippen LogP contribution is 2.28. The van der Waals surface area contributed by atoms with E-state index in [9.17, 15) is 9.18 Å². The van der Waals surface area contributed by atoms with E-state index in [0.29, 0.717) is 13.1 Å². The van der Waals surface area contributed by atoms with Gasteiger partial charge in [0.25, 0.3) is 5.91 Å². The monoisotopic (exact) mass is 328 g/mol. The van der Waals surface area contributed by atoms with Gasteiger partial charge in [-0.3, -0.25) is 9.69 Å². The summed E-state index contributed by atoms with van der Waals surface area (Å²) in [6, 6.07) is 14.6. The van der Waals surface area contributed by atoms with Crippen LogP contribution in [-0.2, 0) is 0 Å². The summed E-state index contributed by atoms with van der Waals surface area (Å²) in [5.41, 5.74) is 1.16. The minimum absolute atomic E-state index is 0.0105. The van der Waals surface area contributed by atoms with Crippen molar-refractivity contribution >= 4 is 5.91 Å². The normalized spacial score (nSPS) is 18.5. The summed E-state index contributed by atoms with van der Waals surface area (Å²) in [6.45, 7) is 1.83. The second kappa shape index (κ2) is 7.01. The van der Waals surface area contributed by atoms with Crippen LogP contribution in [0.25, 0.3) is 0 Å². The van der Waals surface area contributed by atoms with Crippen LogP contribution in [0, 0.1) is 5.82 Å². The number of amides is 1. The van der Waals surface area contributed by atoms with Gasteiger partial charge in [0.1, 0.15) is 17.1 Å². The van der Waals surface area contributed by atoms with Gasteiger partial charge in [0, 0.05) is 19.6 Å². The molecular weight excluding hydrogens is 307 g/mol. The molecular formula is C19H21FN2O2. The third-order valence-electron chi connectivity index (χ3n) is 4.53. The quantitative estimate of drug-likeness (QED) is 0.868. The molecule has 0 bridgehead atoms. The Bertz CT molecular complexity index is 721. The largest absolute Gasteiger partial charge is 0.496 e. The Hall–Kier alpha value is -2.40. The van der Waals surface area contributed by atoms with E-state index in [1.54, 1.807) is 17.0 Å². The van der Waals surface area contributed by atoms with Gasteiger partial charge in [0.2, 0.25) is 0 Å². The molecule has 0 radical (unpaired) electrons. The van der Waals surface area contributed by atoms with E-state index < -0.39 is 5.82 Å². The summed E-state index contributed by atoms with van der Waals surface area (Å²) in [4.78, 5) is 16.8. The highest BCUT2D eigenvalue weighted by atomic mass is 19.1. The van der Waals surface area contributed by atoms with Crippen molar-refractivity contribution in [1.29, 1.82) is 0 Å². The van der Waals surface area contributed by atoms with E-state index in [1.165, 1.54) is 13.2 Å². The van der Waals surface area contributed by atoms with Gasteiger partial charge in [-0.2, -0.15) is 0 Å². The maximum atomic E-state index is 14.2. The molecule has 1 fully saturated rings. The summed E-state index contributed by atoms with van der Waals surface area (Å²) in [5.74, 6) is -0.594. The minimum Gasteiger partial charge on any atom is -0.496 e. The fourth-order valence-electron chi connectivity index (χ4n) is 3.13. The third-order valence-corrected chi connectivity index (χ3v) is 4.53. The average molecular weight is 328 g/mol. The first-order valence-corrected chi connectivity index (χ1v) is 7.98. The van der Waals surface area contributed by atoms with Crippen LogP contribution in [0.1, 0.15) is 22.0 Å². The second-order valence-electron chi connectivity index (χ2n) is 5.98. The maximum absolute atomic E-state index is 14.2. The van der Waals surface area contributed by atoms with Gasteiger partial charge in [-0.15, -0.1) is 0 Å². The molecule has 1 aliphatic rings. The molecule has 1 atom stereocenters. The molecule has 1 saturated heterocycles. The standard InChI is InChI=1S/C19H21FN2O2/c1-21-11-12-22(13-16(21)14-7-4-3-5-8-14)19(23)18-15(20)9-6-10-17(18)24-2/h3-10,16H,11-13H2,1-2H3/t16-/m0/s1. The van der Waals surface area contributed by atoms with E-state index >= 15 is 0 Å². The molecule has 0 aliphatic carbocycles. The summed E-state index contributed by atoms with van der Waals surface area (Å²) in [5, 5.41) is 0. The number of carbonyl (C=O) groups is 1. The van der Waals surface area contributed by atoms with Crippen LogP contribution in [0.5, 0.6) is 5.75 Å². The van der Waals surface area contributed by atoms with Crippen LogP contribution in [0.15, 0.2) is 48.5 Å². The van der Waals surface area contributed by atoms with Crippen molar-refractivity contribution in [2.45, 2.75) is 6.04 Å². The average Bonchev–Trinajstić information content (AvgIpc) is 2.62. The van der Waals surface area contributed by atoms with E-state index in [4.69, 9.17) is 4.74 Å². The smallest absolute Gasteiger partial charge is 0.260 e. The molecule has 1 amide bonds. The zero-order chi connectivity index (χ0) is 17.1. The van der Waals surface area contributed by atoms with Gasteiger partial charge in [-0.25, -0.2) is 4.39 Å². The number of methoxy groups -OCH3 is 1. The van der Waals surface area contributed by atoms with Gasteiger partial charge in [-0.1, -0.05) is 36.4 Å². The molecule has 1 aliphatic heterocycles. The number of ether oxygens (including phenoxy) is 1. The fourth-order valence-corrected chi connectivity index (χ4v) is 3.13. The van der Waals surface area contributed by atoms with Gasteiger partial charge in [0.05, 0.1) is 13.2 Å². The van der Waals surface area contributed by atoms with Crippen LogP contribution >= 0.6 is 0 Å². The Labute approximate surface area is 141 Å². The molecule has 24 heavy (non-hydrogen) atoms. The zero-order valence-corrected chi connectivity index (χ0v) is 13.9. The molecule has 2 aromatic carbocycles. The predicted octanol–water partition coefficient (Wildman–Crippen LogP) is 2.96. The first-order chi connectivity index (χ1) is 11.6. The Morgan fingerprint density at radius 3 is 2.58 bits per heavy atom. The molecule has 0 saturated carbocycles. The van der Waals surface area contributed by atoms with E-state index in [-0.39, 0.29) is 23.3 Å². The van der Waals surface area contributed by atoms with Crippen molar-refractivity contribution in [3.63, 3.8) is 0 Å². The molecule has 3 rings (SSSR count). The number of halogens is 1. The van der Waals surface area contributed by atoms with Crippen LogP contribution in [-0.4, -0.2) is 49.5 Å². The topological polar surface area (TPSA) is 32.8 Å². The van der Waals surface area contributed by atoms with Gasteiger partial charge in [0.15, 0.2) is 0 Å². The first-order valence-electron chi connectivity index (χ1n) is 7.98. The number of likely N-dealkylation sites (N-methyl/N-ethyl adjacent to an activating group) is 1. The van der Waals surface area contributed by atoms with Gasteiger partial charge in [-0.05, 0) is 24.7 Å². The van der Waals surface area contributed by atoms with Crippen molar-refractivity contribution in [3.05, 3.63) is 65.5 Å². The fraction of sp³-hybridized carbons (Fsp3) is 0.316. The van der Waals surface area contributed by atoms with E-state index in [0.717, 1.165) is 12.1 Å². The second-order valence-corrected chi connectivity index (χ2v) is 5.98. The molecule has 0 unspecified atom stereocenters. The lowest BCUT2D eigenvalue weighted by Gasteiger charge is -2.39. The van der Waals surface area contributed by atoms with Crippen molar-refractivity contribution in [2.24, 2.45) is 0 Å².